The van der Waals surface area contributed by atoms with Crippen LogP contribution in [0.4, 0.5) is 0 Å². The summed E-state index contributed by atoms with van der Waals surface area (Å²) in [4.78, 5) is 0. The zero-order valence-electron chi connectivity index (χ0n) is 8.28. The van der Waals surface area contributed by atoms with Crippen LogP contribution in [-0.4, -0.2) is 6.54 Å². The van der Waals surface area contributed by atoms with E-state index in [4.69, 9.17) is 0 Å². The second-order valence-corrected chi connectivity index (χ2v) is 3.14. The first kappa shape index (κ1) is 10.5. The van der Waals surface area contributed by atoms with Crippen molar-refractivity contribution in [1.82, 2.24) is 5.32 Å². The van der Waals surface area contributed by atoms with Crippen LogP contribution < -0.4 is 5.32 Å². The molecule has 0 aromatic carbocycles. The molecule has 1 nitrogen and oxygen atoms in total. The number of piperidine rings is 1. The molecular weight excluding hydrogens is 134 g/mol. The first-order valence-electron chi connectivity index (χ1n) is 4.62. The Kier molecular flexibility index (Phi) is 5.01. The maximum atomic E-state index is 3.89. The van der Waals surface area contributed by atoms with E-state index in [1.807, 2.05) is 13.8 Å². The van der Waals surface area contributed by atoms with Crippen molar-refractivity contribution in [3.05, 3.63) is 12.3 Å². The number of nitrogens with one attached hydrogen (secondary N) is 1. The highest BCUT2D eigenvalue weighted by molar-refractivity contribution is 4.97. The van der Waals surface area contributed by atoms with Crippen LogP contribution in [0.5, 0.6) is 0 Å². The molecule has 1 aliphatic rings. The molecular formula is C10H21N. The summed E-state index contributed by atoms with van der Waals surface area (Å²) >= 11 is 0. The molecule has 2 atom stereocenters. The van der Waals surface area contributed by atoms with E-state index >= 15 is 0 Å². The first-order chi connectivity index (χ1) is 5.20. The molecule has 1 rings (SSSR count). The summed E-state index contributed by atoms with van der Waals surface area (Å²) in [6, 6.07) is 0. The van der Waals surface area contributed by atoms with Gasteiger partial charge in [-0.2, -0.15) is 0 Å². The minimum atomic E-state index is 0.815. The number of hydrogen-bond acceptors (Lipinski definition) is 1. The lowest BCUT2D eigenvalue weighted by molar-refractivity contribution is 0.329. The van der Waals surface area contributed by atoms with Crippen LogP contribution in [0.1, 0.15) is 34.1 Å². The molecule has 2 unspecified atom stereocenters. The fourth-order valence-electron chi connectivity index (χ4n) is 1.17. The Hall–Kier alpha value is -0.460. The third-order valence-corrected chi connectivity index (χ3v) is 2.21. The van der Waals surface area contributed by atoms with Gasteiger partial charge in [-0.25, -0.2) is 0 Å². The standard InChI is InChI=1S/C8H15N.C2H6/c1-6-4-8(3)9-5-7(6)2;1-2/h6-7,9H,3-5H2,1-2H3;1-2H3. The highest BCUT2D eigenvalue weighted by atomic mass is 14.9. The molecule has 66 valence electrons. The maximum absolute atomic E-state index is 3.89. The normalized spacial score (nSPS) is 30.0. The van der Waals surface area contributed by atoms with Crippen LogP contribution in [0.3, 0.4) is 0 Å². The molecule has 0 saturated carbocycles. The SMILES string of the molecule is C=C1CC(C)C(C)CN1.CC. The van der Waals surface area contributed by atoms with Gasteiger partial charge in [0, 0.05) is 12.2 Å². The molecule has 1 heterocycles. The lowest BCUT2D eigenvalue weighted by Gasteiger charge is -2.28. The van der Waals surface area contributed by atoms with Crippen LogP contribution in [0, 0.1) is 11.8 Å². The molecule has 0 radical (unpaired) electrons. The monoisotopic (exact) mass is 155 g/mol. The van der Waals surface area contributed by atoms with Gasteiger partial charge in [0.1, 0.15) is 0 Å². The Bertz CT molecular complexity index is 118. The molecule has 0 aromatic heterocycles. The summed E-state index contributed by atoms with van der Waals surface area (Å²) in [7, 11) is 0. The molecule has 0 aliphatic carbocycles. The van der Waals surface area contributed by atoms with Crippen LogP contribution in [0.15, 0.2) is 12.3 Å². The van der Waals surface area contributed by atoms with Crippen LogP contribution in [-0.2, 0) is 0 Å². The van der Waals surface area contributed by atoms with E-state index in [0.29, 0.717) is 0 Å². The Morgan fingerprint density at radius 3 is 2.18 bits per heavy atom. The van der Waals surface area contributed by atoms with Gasteiger partial charge in [-0.3, -0.25) is 0 Å². The predicted molar refractivity (Wildman–Crippen MR) is 51.4 cm³/mol. The Morgan fingerprint density at radius 2 is 1.82 bits per heavy atom. The fourth-order valence-corrected chi connectivity index (χ4v) is 1.17. The highest BCUT2D eigenvalue weighted by Gasteiger charge is 2.17. The molecule has 0 bridgehead atoms. The summed E-state index contributed by atoms with van der Waals surface area (Å²) < 4.78 is 0. The molecule has 1 aliphatic heterocycles. The van der Waals surface area contributed by atoms with Gasteiger partial charge in [0.05, 0.1) is 0 Å². The average Bonchev–Trinajstić information content (AvgIpc) is 2.02. The van der Waals surface area contributed by atoms with E-state index in [0.717, 1.165) is 24.8 Å². The van der Waals surface area contributed by atoms with Crippen molar-refractivity contribution in [3.8, 4) is 0 Å². The topological polar surface area (TPSA) is 12.0 Å². The second-order valence-electron chi connectivity index (χ2n) is 3.14. The quantitative estimate of drug-likeness (QED) is 0.567. The fraction of sp³-hybridized carbons (Fsp3) is 0.800. The van der Waals surface area contributed by atoms with E-state index in [1.54, 1.807) is 0 Å². The zero-order valence-corrected chi connectivity index (χ0v) is 8.28. The predicted octanol–water partition coefficient (Wildman–Crippen LogP) is 2.79. The van der Waals surface area contributed by atoms with Gasteiger partial charge in [0.2, 0.25) is 0 Å². The van der Waals surface area contributed by atoms with E-state index in [9.17, 15) is 0 Å². The van der Waals surface area contributed by atoms with E-state index in [2.05, 4.69) is 25.7 Å². The Morgan fingerprint density at radius 1 is 1.27 bits per heavy atom. The zero-order chi connectivity index (χ0) is 8.85. The molecule has 0 aromatic rings. The van der Waals surface area contributed by atoms with Gasteiger partial charge in [0.25, 0.3) is 0 Å². The molecule has 1 heteroatoms. The summed E-state index contributed by atoms with van der Waals surface area (Å²) in [6.45, 7) is 13.6. The summed E-state index contributed by atoms with van der Waals surface area (Å²) in [5, 5.41) is 3.27. The van der Waals surface area contributed by atoms with Gasteiger partial charge in [-0.15, -0.1) is 0 Å². The van der Waals surface area contributed by atoms with Crippen LogP contribution in [0.2, 0.25) is 0 Å². The lowest BCUT2D eigenvalue weighted by Crippen LogP contribution is -2.31. The van der Waals surface area contributed by atoms with Crippen molar-refractivity contribution in [1.29, 1.82) is 0 Å². The van der Waals surface area contributed by atoms with Gasteiger partial charge in [0.15, 0.2) is 0 Å². The molecule has 11 heavy (non-hydrogen) atoms. The highest BCUT2D eigenvalue weighted by Crippen LogP contribution is 2.21. The Labute approximate surface area is 70.9 Å². The summed E-state index contributed by atoms with van der Waals surface area (Å²) in [5.41, 5.74) is 1.21. The minimum Gasteiger partial charge on any atom is -0.389 e. The third kappa shape index (κ3) is 3.45. The minimum absolute atomic E-state index is 0.815. The summed E-state index contributed by atoms with van der Waals surface area (Å²) in [5.74, 6) is 1.63. The molecule has 1 saturated heterocycles. The number of allylic oxidation sites excluding steroid dienone is 1. The summed E-state index contributed by atoms with van der Waals surface area (Å²) in [6.07, 6.45) is 1.15. The van der Waals surface area contributed by atoms with Crippen molar-refractivity contribution >= 4 is 0 Å². The molecule has 1 fully saturated rings. The van der Waals surface area contributed by atoms with Crippen molar-refractivity contribution in [3.63, 3.8) is 0 Å². The number of rotatable bonds is 0. The maximum Gasteiger partial charge on any atom is 0.0172 e. The van der Waals surface area contributed by atoms with Crippen molar-refractivity contribution in [2.24, 2.45) is 11.8 Å². The van der Waals surface area contributed by atoms with Crippen LogP contribution >= 0.6 is 0 Å². The molecule has 0 spiro atoms. The smallest absolute Gasteiger partial charge is 0.0172 e. The second kappa shape index (κ2) is 5.22. The van der Waals surface area contributed by atoms with E-state index in [-0.39, 0.29) is 0 Å². The van der Waals surface area contributed by atoms with E-state index in [1.165, 1.54) is 5.70 Å². The molecule has 1 N–H and O–H groups in total. The molecule has 0 amide bonds. The third-order valence-electron chi connectivity index (χ3n) is 2.21. The van der Waals surface area contributed by atoms with E-state index < -0.39 is 0 Å². The largest absolute Gasteiger partial charge is 0.389 e. The Balaban J connectivity index is 0.000000461. The van der Waals surface area contributed by atoms with Gasteiger partial charge in [-0.1, -0.05) is 34.3 Å². The van der Waals surface area contributed by atoms with Crippen molar-refractivity contribution < 1.29 is 0 Å². The lowest BCUT2D eigenvalue weighted by atomic mass is 9.88. The van der Waals surface area contributed by atoms with Gasteiger partial charge >= 0.3 is 0 Å². The number of hydrogen-bond donors (Lipinski definition) is 1. The van der Waals surface area contributed by atoms with Crippen molar-refractivity contribution in [2.75, 3.05) is 6.54 Å². The van der Waals surface area contributed by atoms with Crippen LogP contribution in [0.25, 0.3) is 0 Å². The van der Waals surface area contributed by atoms with Gasteiger partial charge < -0.3 is 5.32 Å². The van der Waals surface area contributed by atoms with Gasteiger partial charge in [-0.05, 0) is 18.3 Å². The van der Waals surface area contributed by atoms with Crippen molar-refractivity contribution in [2.45, 2.75) is 34.1 Å². The first-order valence-corrected chi connectivity index (χ1v) is 4.62. The average molecular weight is 155 g/mol.